The highest BCUT2D eigenvalue weighted by Crippen LogP contribution is 2.36. The fourth-order valence-corrected chi connectivity index (χ4v) is 3.59. The Kier molecular flexibility index (Phi) is 4.77. The van der Waals surface area contributed by atoms with Gasteiger partial charge in [0.1, 0.15) is 22.5 Å². The van der Waals surface area contributed by atoms with Gasteiger partial charge in [-0.2, -0.15) is 8.75 Å². The zero-order chi connectivity index (χ0) is 18.8. The standard InChI is InChI=1S/C20H19N3O3S/c1-3-9-26-13-6-8-15-14(11-13)18(19(21-15)20(24)25-4-2)12-5-7-16-17(10-12)23-27-22-16/h5-8,10-11,21H,3-4,9H2,1-2H3. The lowest BCUT2D eigenvalue weighted by molar-refractivity contribution is 0.0521. The highest BCUT2D eigenvalue weighted by atomic mass is 32.1. The normalized spacial score (nSPS) is 11.2. The molecule has 27 heavy (non-hydrogen) atoms. The molecule has 2 aromatic heterocycles. The third-order valence-corrected chi connectivity index (χ3v) is 4.82. The molecule has 4 rings (SSSR count). The molecule has 0 aliphatic carbocycles. The Balaban J connectivity index is 1.92. The van der Waals surface area contributed by atoms with Crippen LogP contribution in [0.1, 0.15) is 30.8 Å². The molecule has 1 N–H and O–H groups in total. The minimum Gasteiger partial charge on any atom is -0.494 e. The van der Waals surface area contributed by atoms with E-state index in [1.807, 2.05) is 36.4 Å². The number of ether oxygens (including phenoxy) is 2. The minimum atomic E-state index is -0.378. The number of H-pyrrole nitrogens is 1. The summed E-state index contributed by atoms with van der Waals surface area (Å²) >= 11 is 1.17. The van der Waals surface area contributed by atoms with Crippen LogP contribution in [0.4, 0.5) is 0 Å². The lowest BCUT2D eigenvalue weighted by Crippen LogP contribution is -2.06. The van der Waals surface area contributed by atoms with E-state index in [2.05, 4.69) is 20.7 Å². The van der Waals surface area contributed by atoms with E-state index >= 15 is 0 Å². The van der Waals surface area contributed by atoms with Crippen LogP contribution in [0.5, 0.6) is 5.75 Å². The van der Waals surface area contributed by atoms with E-state index in [1.165, 1.54) is 11.7 Å². The molecule has 0 amide bonds. The fourth-order valence-electron chi connectivity index (χ4n) is 3.07. The maximum absolute atomic E-state index is 12.6. The zero-order valence-corrected chi connectivity index (χ0v) is 15.9. The van der Waals surface area contributed by atoms with Crippen molar-refractivity contribution in [3.8, 4) is 16.9 Å². The van der Waals surface area contributed by atoms with Gasteiger partial charge in [-0.3, -0.25) is 0 Å². The van der Waals surface area contributed by atoms with Crippen molar-refractivity contribution in [2.75, 3.05) is 13.2 Å². The number of hydrogen-bond donors (Lipinski definition) is 1. The highest BCUT2D eigenvalue weighted by molar-refractivity contribution is 7.00. The number of carbonyl (C=O) groups excluding carboxylic acids is 1. The van der Waals surface area contributed by atoms with Crippen LogP contribution < -0.4 is 4.74 Å². The summed E-state index contributed by atoms with van der Waals surface area (Å²) in [6.45, 7) is 4.82. The van der Waals surface area contributed by atoms with Gasteiger partial charge in [0.05, 0.1) is 24.9 Å². The Labute approximate surface area is 160 Å². The summed E-state index contributed by atoms with van der Waals surface area (Å²) in [5, 5.41) is 0.911. The predicted molar refractivity (Wildman–Crippen MR) is 106 cm³/mol. The molecule has 0 unspecified atom stereocenters. The predicted octanol–water partition coefficient (Wildman–Crippen LogP) is 4.81. The molecular weight excluding hydrogens is 362 g/mol. The Hall–Kier alpha value is -2.93. The van der Waals surface area contributed by atoms with Crippen molar-refractivity contribution in [1.29, 1.82) is 0 Å². The number of fused-ring (bicyclic) bond motifs is 2. The van der Waals surface area contributed by atoms with E-state index in [0.717, 1.165) is 45.2 Å². The number of aromatic amines is 1. The van der Waals surface area contributed by atoms with Crippen molar-refractivity contribution in [2.45, 2.75) is 20.3 Å². The quantitative estimate of drug-likeness (QED) is 0.485. The van der Waals surface area contributed by atoms with Gasteiger partial charge in [-0.1, -0.05) is 13.0 Å². The lowest BCUT2D eigenvalue weighted by atomic mass is 10.0. The molecule has 0 aliphatic rings. The zero-order valence-electron chi connectivity index (χ0n) is 15.1. The van der Waals surface area contributed by atoms with Gasteiger partial charge in [0, 0.05) is 16.5 Å². The number of carbonyl (C=O) groups is 1. The summed E-state index contributed by atoms with van der Waals surface area (Å²) in [6, 6.07) is 11.6. The Bertz CT molecular complexity index is 1120. The second kappa shape index (κ2) is 7.36. The maximum atomic E-state index is 12.6. The monoisotopic (exact) mass is 381 g/mol. The van der Waals surface area contributed by atoms with E-state index in [0.29, 0.717) is 18.9 Å². The summed E-state index contributed by atoms with van der Waals surface area (Å²) in [7, 11) is 0. The molecular formula is C20H19N3O3S. The topological polar surface area (TPSA) is 77.1 Å². The molecule has 7 heteroatoms. The van der Waals surface area contributed by atoms with Crippen molar-refractivity contribution < 1.29 is 14.3 Å². The third-order valence-electron chi connectivity index (χ3n) is 4.26. The van der Waals surface area contributed by atoms with Crippen LogP contribution >= 0.6 is 11.7 Å². The van der Waals surface area contributed by atoms with Gasteiger partial charge in [-0.15, -0.1) is 0 Å². The summed E-state index contributed by atoms with van der Waals surface area (Å²) in [4.78, 5) is 15.8. The molecule has 0 saturated heterocycles. The molecule has 0 radical (unpaired) electrons. The number of aromatic nitrogens is 3. The fraction of sp³-hybridized carbons (Fsp3) is 0.250. The molecule has 0 saturated carbocycles. The van der Waals surface area contributed by atoms with Crippen LogP contribution in [0.3, 0.4) is 0 Å². The summed E-state index contributed by atoms with van der Waals surface area (Å²) in [6.07, 6.45) is 0.930. The van der Waals surface area contributed by atoms with Gasteiger partial charge in [0.15, 0.2) is 0 Å². The largest absolute Gasteiger partial charge is 0.494 e. The molecule has 4 aromatic rings. The molecule has 6 nitrogen and oxygen atoms in total. The van der Waals surface area contributed by atoms with Gasteiger partial charge in [0.2, 0.25) is 0 Å². The van der Waals surface area contributed by atoms with E-state index < -0.39 is 0 Å². The van der Waals surface area contributed by atoms with Crippen molar-refractivity contribution >= 4 is 39.6 Å². The average molecular weight is 381 g/mol. The maximum Gasteiger partial charge on any atom is 0.355 e. The summed E-state index contributed by atoms with van der Waals surface area (Å²) < 4.78 is 19.6. The molecule has 0 aliphatic heterocycles. The number of rotatable bonds is 6. The molecule has 0 bridgehead atoms. The van der Waals surface area contributed by atoms with E-state index in [1.54, 1.807) is 6.92 Å². The van der Waals surface area contributed by atoms with Crippen molar-refractivity contribution in [3.05, 3.63) is 42.1 Å². The first-order valence-corrected chi connectivity index (χ1v) is 9.62. The van der Waals surface area contributed by atoms with Crippen molar-refractivity contribution in [3.63, 3.8) is 0 Å². The van der Waals surface area contributed by atoms with Crippen LogP contribution in [-0.2, 0) is 4.74 Å². The SMILES string of the molecule is CCCOc1ccc2[nH]c(C(=O)OCC)c(-c3ccc4nsnc4c3)c2c1. The average Bonchev–Trinajstić information content (AvgIpc) is 3.29. The number of esters is 1. The van der Waals surface area contributed by atoms with E-state index in [-0.39, 0.29) is 5.97 Å². The van der Waals surface area contributed by atoms with E-state index in [4.69, 9.17) is 9.47 Å². The third kappa shape index (κ3) is 3.26. The smallest absolute Gasteiger partial charge is 0.355 e. The lowest BCUT2D eigenvalue weighted by Gasteiger charge is -2.07. The van der Waals surface area contributed by atoms with Crippen LogP contribution in [0.15, 0.2) is 36.4 Å². The van der Waals surface area contributed by atoms with Crippen molar-refractivity contribution in [1.82, 2.24) is 13.7 Å². The van der Waals surface area contributed by atoms with Crippen molar-refractivity contribution in [2.24, 2.45) is 0 Å². The molecule has 2 aromatic carbocycles. The van der Waals surface area contributed by atoms with Crippen LogP contribution in [0, 0.1) is 0 Å². The molecule has 2 heterocycles. The molecule has 0 atom stereocenters. The summed E-state index contributed by atoms with van der Waals surface area (Å²) in [5.74, 6) is 0.396. The van der Waals surface area contributed by atoms with Crippen LogP contribution in [-0.4, -0.2) is 32.9 Å². The first-order valence-electron chi connectivity index (χ1n) is 8.89. The Morgan fingerprint density at radius 2 is 1.96 bits per heavy atom. The van der Waals surface area contributed by atoms with E-state index in [9.17, 15) is 4.79 Å². The van der Waals surface area contributed by atoms with Crippen LogP contribution in [0.2, 0.25) is 0 Å². The summed E-state index contributed by atoms with van der Waals surface area (Å²) in [5.41, 5.74) is 4.61. The first-order chi connectivity index (χ1) is 13.2. The van der Waals surface area contributed by atoms with Crippen LogP contribution in [0.25, 0.3) is 33.1 Å². The van der Waals surface area contributed by atoms with Gasteiger partial charge in [-0.05, 0) is 49.2 Å². The highest BCUT2D eigenvalue weighted by Gasteiger charge is 2.21. The number of benzene rings is 2. The Morgan fingerprint density at radius 1 is 1.11 bits per heavy atom. The molecule has 138 valence electrons. The van der Waals surface area contributed by atoms with Gasteiger partial charge >= 0.3 is 5.97 Å². The number of nitrogens with zero attached hydrogens (tertiary/aromatic N) is 2. The van der Waals surface area contributed by atoms with Gasteiger partial charge in [-0.25, -0.2) is 4.79 Å². The minimum absolute atomic E-state index is 0.313. The molecule has 0 fully saturated rings. The number of hydrogen-bond acceptors (Lipinski definition) is 6. The molecule has 0 spiro atoms. The van der Waals surface area contributed by atoms with Gasteiger partial charge in [0.25, 0.3) is 0 Å². The second-order valence-corrected chi connectivity index (χ2v) is 6.65. The second-order valence-electron chi connectivity index (χ2n) is 6.12. The van der Waals surface area contributed by atoms with Gasteiger partial charge < -0.3 is 14.5 Å². The first kappa shape index (κ1) is 17.5. The number of nitrogens with one attached hydrogen (secondary N) is 1. The Morgan fingerprint density at radius 3 is 2.78 bits per heavy atom.